The van der Waals surface area contributed by atoms with Crippen molar-refractivity contribution in [2.75, 3.05) is 6.61 Å². The minimum absolute atomic E-state index is 0.312. The zero-order valence-corrected chi connectivity index (χ0v) is 35.2. The second kappa shape index (κ2) is 42.8. The van der Waals surface area contributed by atoms with Crippen molar-refractivity contribution in [2.45, 2.75) is 276 Å². The van der Waals surface area contributed by atoms with Crippen LogP contribution in [-0.2, 0) is 4.79 Å². The Morgan fingerprint density at radius 1 is 0.442 bits per heavy atom. The fourth-order valence-corrected chi connectivity index (χ4v) is 7.42. The van der Waals surface area contributed by atoms with Gasteiger partial charge in [0, 0.05) is 0 Å². The van der Waals surface area contributed by atoms with E-state index in [0.717, 1.165) is 32.1 Å². The van der Waals surface area contributed by atoms with Gasteiger partial charge in [0.2, 0.25) is 5.91 Å². The molecule has 310 valence electrons. The molecule has 0 saturated heterocycles. The summed E-state index contributed by atoms with van der Waals surface area (Å²) in [5.41, 5.74) is 0. The lowest BCUT2D eigenvalue weighted by Crippen LogP contribution is -2.49. The smallest absolute Gasteiger partial charge is 0.249 e. The third-order valence-electron chi connectivity index (χ3n) is 11.1. The van der Waals surface area contributed by atoms with E-state index in [4.69, 9.17) is 0 Å². The van der Waals surface area contributed by atoms with Gasteiger partial charge in [-0.15, -0.1) is 0 Å². The molecule has 5 heteroatoms. The maximum Gasteiger partial charge on any atom is 0.249 e. The summed E-state index contributed by atoms with van der Waals surface area (Å²) in [6.45, 7) is 4.23. The normalized spacial score (nSPS) is 13.6. The maximum atomic E-state index is 12.5. The van der Waals surface area contributed by atoms with Crippen LogP contribution in [0.4, 0.5) is 0 Å². The number of nitrogens with one attached hydrogen (secondary N) is 1. The largest absolute Gasteiger partial charge is 0.394 e. The highest BCUT2D eigenvalue weighted by atomic mass is 16.3. The molecular formula is C47H93NO4. The van der Waals surface area contributed by atoms with Gasteiger partial charge in [0.15, 0.2) is 0 Å². The first kappa shape index (κ1) is 51.1. The number of hydrogen-bond donors (Lipinski definition) is 4. The van der Waals surface area contributed by atoms with Crippen molar-refractivity contribution in [1.82, 2.24) is 5.32 Å². The van der Waals surface area contributed by atoms with E-state index in [9.17, 15) is 20.1 Å². The third-order valence-corrected chi connectivity index (χ3v) is 11.1. The van der Waals surface area contributed by atoms with Gasteiger partial charge in [-0.1, -0.05) is 231 Å². The molecule has 0 saturated carbocycles. The Bertz CT molecular complexity index is 728. The van der Waals surface area contributed by atoms with Crippen LogP contribution in [0, 0.1) is 0 Å². The Hall–Kier alpha value is -0.910. The summed E-state index contributed by atoms with van der Waals surface area (Å²) in [6.07, 6.45) is 50.8. The molecule has 5 nitrogen and oxygen atoms in total. The molecule has 1 amide bonds. The first-order valence-corrected chi connectivity index (χ1v) is 23.5. The average molecular weight is 736 g/mol. The lowest BCUT2D eigenvalue weighted by atomic mass is 10.0. The first-order chi connectivity index (χ1) is 25.6. The van der Waals surface area contributed by atoms with Crippen LogP contribution in [-0.4, -0.2) is 46.1 Å². The minimum atomic E-state index is -1.08. The molecule has 4 N–H and O–H groups in total. The Morgan fingerprint density at radius 2 is 0.731 bits per heavy atom. The summed E-state index contributed by atoms with van der Waals surface area (Å²) < 4.78 is 0. The molecule has 0 aliphatic heterocycles. The quantitative estimate of drug-likeness (QED) is 0.0371. The second-order valence-electron chi connectivity index (χ2n) is 16.3. The Morgan fingerprint density at radius 3 is 1.08 bits per heavy atom. The van der Waals surface area contributed by atoms with E-state index < -0.39 is 24.2 Å². The fourth-order valence-electron chi connectivity index (χ4n) is 7.42. The van der Waals surface area contributed by atoms with Gasteiger partial charge < -0.3 is 20.6 Å². The van der Waals surface area contributed by atoms with Gasteiger partial charge in [-0.25, -0.2) is 0 Å². The van der Waals surface area contributed by atoms with E-state index in [0.29, 0.717) is 12.8 Å². The van der Waals surface area contributed by atoms with Crippen LogP contribution in [0.3, 0.4) is 0 Å². The molecule has 0 radical (unpaired) electrons. The molecule has 3 atom stereocenters. The van der Waals surface area contributed by atoms with Crippen molar-refractivity contribution < 1.29 is 20.1 Å². The van der Waals surface area contributed by atoms with Gasteiger partial charge in [-0.2, -0.15) is 0 Å². The summed E-state index contributed by atoms with van der Waals surface area (Å²) in [5.74, 6) is -0.473. The zero-order valence-electron chi connectivity index (χ0n) is 35.2. The van der Waals surface area contributed by atoms with E-state index in [-0.39, 0.29) is 6.61 Å². The molecule has 0 rings (SSSR count). The summed E-state index contributed by atoms with van der Waals surface area (Å²) >= 11 is 0. The molecular weight excluding hydrogens is 643 g/mol. The van der Waals surface area contributed by atoms with Gasteiger partial charge >= 0.3 is 0 Å². The zero-order chi connectivity index (χ0) is 38.0. The number of allylic oxidation sites excluding steroid dienone is 2. The van der Waals surface area contributed by atoms with Gasteiger partial charge in [0.05, 0.1) is 18.8 Å². The van der Waals surface area contributed by atoms with Gasteiger partial charge in [0.1, 0.15) is 6.10 Å². The summed E-state index contributed by atoms with van der Waals surface area (Å²) in [5, 5.41) is 33.3. The third kappa shape index (κ3) is 37.4. The van der Waals surface area contributed by atoms with E-state index in [2.05, 4.69) is 31.3 Å². The van der Waals surface area contributed by atoms with E-state index in [1.807, 2.05) is 0 Å². The predicted octanol–water partition coefficient (Wildman–Crippen LogP) is 13.6. The highest BCUT2D eigenvalue weighted by Crippen LogP contribution is 2.17. The molecule has 0 aliphatic carbocycles. The molecule has 0 aromatic heterocycles. The fraction of sp³-hybridized carbons (Fsp3) is 0.936. The number of carbonyl (C=O) groups is 1. The summed E-state index contributed by atoms with van der Waals surface area (Å²) in [7, 11) is 0. The van der Waals surface area contributed by atoms with Gasteiger partial charge in [-0.3, -0.25) is 4.79 Å². The minimum Gasteiger partial charge on any atom is -0.394 e. The van der Waals surface area contributed by atoms with Crippen LogP contribution in [0.2, 0.25) is 0 Å². The lowest BCUT2D eigenvalue weighted by molar-refractivity contribution is -0.131. The molecule has 0 aromatic rings. The van der Waals surface area contributed by atoms with E-state index in [1.165, 1.54) is 199 Å². The summed E-state index contributed by atoms with van der Waals surface area (Å²) in [4.78, 5) is 12.5. The second-order valence-corrected chi connectivity index (χ2v) is 16.3. The number of aliphatic hydroxyl groups excluding tert-OH is 3. The van der Waals surface area contributed by atoms with Crippen molar-refractivity contribution in [2.24, 2.45) is 0 Å². The number of amides is 1. The molecule has 0 aliphatic rings. The van der Waals surface area contributed by atoms with Gasteiger partial charge in [0.25, 0.3) is 0 Å². The van der Waals surface area contributed by atoms with Crippen LogP contribution in [0.25, 0.3) is 0 Å². The first-order valence-electron chi connectivity index (χ1n) is 23.5. The monoisotopic (exact) mass is 736 g/mol. The number of rotatable bonds is 43. The number of hydrogen-bond acceptors (Lipinski definition) is 4. The van der Waals surface area contributed by atoms with Crippen LogP contribution < -0.4 is 5.32 Å². The lowest BCUT2D eigenvalue weighted by Gasteiger charge is -2.23. The molecule has 3 unspecified atom stereocenters. The van der Waals surface area contributed by atoms with Crippen LogP contribution >= 0.6 is 0 Å². The average Bonchev–Trinajstić information content (AvgIpc) is 3.15. The van der Waals surface area contributed by atoms with Crippen molar-refractivity contribution in [3.8, 4) is 0 Å². The van der Waals surface area contributed by atoms with Crippen LogP contribution in [0.15, 0.2) is 12.2 Å². The van der Waals surface area contributed by atoms with Crippen LogP contribution in [0.5, 0.6) is 0 Å². The number of aliphatic hydroxyl groups is 3. The molecule has 0 fully saturated rings. The molecule has 0 aromatic carbocycles. The van der Waals surface area contributed by atoms with Crippen molar-refractivity contribution >= 4 is 5.91 Å². The SMILES string of the molecule is CCCCCC/C=C\CCCCCCCCC(O)C(=O)NC(CO)C(O)CCCCCCCCCCCCCCCCCCCCCCCCCC. The molecule has 0 spiro atoms. The van der Waals surface area contributed by atoms with Crippen molar-refractivity contribution in [3.63, 3.8) is 0 Å². The standard InChI is InChI=1S/C47H93NO4/c1-3-5-7-9-11-13-15-17-19-20-21-22-23-24-25-26-27-28-30-31-33-35-37-39-41-45(50)44(43-49)48-47(52)46(51)42-40-38-36-34-32-29-18-16-14-12-10-8-6-4-2/h14,16,44-46,49-51H,3-13,15,17-43H2,1-2H3,(H,48,52)/b16-14-. The van der Waals surface area contributed by atoms with Gasteiger partial charge in [-0.05, 0) is 38.5 Å². The van der Waals surface area contributed by atoms with E-state index in [1.54, 1.807) is 0 Å². The van der Waals surface area contributed by atoms with Crippen molar-refractivity contribution in [3.05, 3.63) is 12.2 Å². The Kier molecular flexibility index (Phi) is 42.1. The molecule has 0 heterocycles. The number of carbonyl (C=O) groups excluding carboxylic acids is 1. The maximum absolute atomic E-state index is 12.5. The summed E-state index contributed by atoms with van der Waals surface area (Å²) in [6, 6.07) is -0.711. The van der Waals surface area contributed by atoms with E-state index >= 15 is 0 Å². The highest BCUT2D eigenvalue weighted by Gasteiger charge is 2.23. The topological polar surface area (TPSA) is 89.8 Å². The number of unbranched alkanes of at least 4 members (excludes halogenated alkanes) is 33. The van der Waals surface area contributed by atoms with Crippen molar-refractivity contribution in [1.29, 1.82) is 0 Å². The highest BCUT2D eigenvalue weighted by molar-refractivity contribution is 5.80. The molecule has 52 heavy (non-hydrogen) atoms. The molecule has 0 bridgehead atoms. The Balaban J connectivity index is 3.55. The Labute approximate surface area is 325 Å². The van der Waals surface area contributed by atoms with Crippen LogP contribution in [0.1, 0.15) is 258 Å². The predicted molar refractivity (Wildman–Crippen MR) is 227 cm³/mol.